The molecule has 96 valence electrons. The molecule has 0 aliphatic rings. The molecule has 0 spiro atoms. The van der Waals surface area contributed by atoms with Crippen LogP contribution in [0.15, 0.2) is 30.3 Å². The van der Waals surface area contributed by atoms with Gasteiger partial charge in [-0.15, -0.1) is 0 Å². The molecule has 2 heteroatoms. The van der Waals surface area contributed by atoms with Gasteiger partial charge in [-0.1, -0.05) is 37.3 Å². The predicted molar refractivity (Wildman–Crippen MR) is 79.8 cm³/mol. The van der Waals surface area contributed by atoms with E-state index in [1.165, 1.54) is 12.0 Å². The highest BCUT2D eigenvalue weighted by atomic mass is 32.2. The van der Waals surface area contributed by atoms with Crippen LogP contribution in [-0.4, -0.2) is 23.6 Å². The quantitative estimate of drug-likeness (QED) is 0.792. The van der Waals surface area contributed by atoms with Gasteiger partial charge in [0.25, 0.3) is 0 Å². The van der Waals surface area contributed by atoms with E-state index in [4.69, 9.17) is 0 Å². The van der Waals surface area contributed by atoms with E-state index in [1.807, 2.05) is 11.8 Å². The summed E-state index contributed by atoms with van der Waals surface area (Å²) >= 11 is 1.92. The first-order chi connectivity index (χ1) is 8.07. The zero-order chi connectivity index (χ0) is 12.7. The van der Waals surface area contributed by atoms with Gasteiger partial charge in [-0.05, 0) is 38.5 Å². The largest absolute Gasteiger partial charge is 0.312 e. The van der Waals surface area contributed by atoms with E-state index < -0.39 is 0 Å². The van der Waals surface area contributed by atoms with Crippen molar-refractivity contribution in [2.24, 2.45) is 0 Å². The molecule has 1 N–H and O–H groups in total. The summed E-state index contributed by atoms with van der Waals surface area (Å²) in [6.45, 7) is 7.91. The SMILES string of the molecule is CCC(Cc1ccccc1)NCC(C)(C)SC. The van der Waals surface area contributed by atoms with E-state index in [0.29, 0.717) is 10.8 Å². The second kappa shape index (κ2) is 7.07. The van der Waals surface area contributed by atoms with E-state index in [-0.39, 0.29) is 0 Å². The summed E-state index contributed by atoms with van der Waals surface area (Å²) in [6.07, 6.45) is 4.49. The molecule has 0 aromatic heterocycles. The zero-order valence-electron chi connectivity index (χ0n) is 11.5. The Morgan fingerprint density at radius 3 is 2.41 bits per heavy atom. The first kappa shape index (κ1) is 14.6. The molecule has 0 aliphatic carbocycles. The minimum absolute atomic E-state index is 0.324. The molecule has 1 aromatic carbocycles. The maximum atomic E-state index is 3.69. The Bertz CT molecular complexity index is 308. The number of hydrogen-bond donors (Lipinski definition) is 1. The van der Waals surface area contributed by atoms with Crippen molar-refractivity contribution < 1.29 is 0 Å². The standard InChI is InChI=1S/C15H25NS/c1-5-14(16-12-15(2,3)17-4)11-13-9-7-6-8-10-13/h6-10,14,16H,5,11-12H2,1-4H3. The number of thioether (sulfide) groups is 1. The average Bonchev–Trinajstić information content (AvgIpc) is 2.35. The summed E-state index contributed by atoms with van der Waals surface area (Å²) in [4.78, 5) is 0. The number of hydrogen-bond acceptors (Lipinski definition) is 2. The molecule has 1 aromatic rings. The number of rotatable bonds is 7. The lowest BCUT2D eigenvalue weighted by atomic mass is 10.0. The van der Waals surface area contributed by atoms with Gasteiger partial charge in [0, 0.05) is 17.3 Å². The second-order valence-electron chi connectivity index (χ2n) is 5.14. The molecule has 1 nitrogen and oxygen atoms in total. The molecular weight excluding hydrogens is 226 g/mol. The Labute approximate surface area is 110 Å². The minimum atomic E-state index is 0.324. The van der Waals surface area contributed by atoms with Crippen LogP contribution in [0.3, 0.4) is 0 Å². The van der Waals surface area contributed by atoms with Crippen LogP contribution in [0, 0.1) is 0 Å². The molecule has 0 bridgehead atoms. The molecule has 0 saturated heterocycles. The molecule has 0 fully saturated rings. The van der Waals surface area contributed by atoms with Crippen LogP contribution in [0.1, 0.15) is 32.8 Å². The van der Waals surface area contributed by atoms with E-state index in [1.54, 1.807) is 0 Å². The van der Waals surface area contributed by atoms with E-state index in [9.17, 15) is 0 Å². The fourth-order valence-electron chi connectivity index (χ4n) is 1.72. The molecule has 1 unspecified atom stereocenters. The van der Waals surface area contributed by atoms with Crippen LogP contribution >= 0.6 is 11.8 Å². The zero-order valence-corrected chi connectivity index (χ0v) is 12.3. The lowest BCUT2D eigenvalue weighted by Crippen LogP contribution is -2.39. The molecule has 0 saturated carbocycles. The van der Waals surface area contributed by atoms with Crippen molar-refractivity contribution in [1.82, 2.24) is 5.32 Å². The van der Waals surface area contributed by atoms with Gasteiger partial charge in [-0.2, -0.15) is 11.8 Å². The van der Waals surface area contributed by atoms with Gasteiger partial charge in [0.05, 0.1) is 0 Å². The summed E-state index contributed by atoms with van der Waals surface area (Å²) in [5.41, 5.74) is 1.42. The maximum Gasteiger partial charge on any atom is 0.0225 e. The fraction of sp³-hybridized carbons (Fsp3) is 0.600. The van der Waals surface area contributed by atoms with Crippen molar-refractivity contribution in [3.8, 4) is 0 Å². The monoisotopic (exact) mass is 251 g/mol. The van der Waals surface area contributed by atoms with Crippen molar-refractivity contribution in [1.29, 1.82) is 0 Å². The lowest BCUT2D eigenvalue weighted by Gasteiger charge is -2.26. The normalized spacial score (nSPS) is 13.6. The third-order valence-corrected chi connectivity index (χ3v) is 4.44. The van der Waals surface area contributed by atoms with Gasteiger partial charge in [0.1, 0.15) is 0 Å². The highest BCUT2D eigenvalue weighted by molar-refractivity contribution is 7.99. The van der Waals surface area contributed by atoms with Crippen LogP contribution < -0.4 is 5.32 Å². The highest BCUT2D eigenvalue weighted by Crippen LogP contribution is 2.20. The third-order valence-electron chi connectivity index (χ3n) is 3.19. The Morgan fingerprint density at radius 1 is 1.24 bits per heavy atom. The second-order valence-corrected chi connectivity index (χ2v) is 6.65. The summed E-state index contributed by atoms with van der Waals surface area (Å²) in [5, 5.41) is 3.69. The van der Waals surface area contributed by atoms with E-state index in [0.717, 1.165) is 13.0 Å². The highest BCUT2D eigenvalue weighted by Gasteiger charge is 2.17. The van der Waals surface area contributed by atoms with Crippen LogP contribution in [-0.2, 0) is 6.42 Å². The summed E-state index contributed by atoms with van der Waals surface area (Å²) in [7, 11) is 0. The smallest absolute Gasteiger partial charge is 0.0225 e. The van der Waals surface area contributed by atoms with E-state index >= 15 is 0 Å². The van der Waals surface area contributed by atoms with Crippen LogP contribution in [0.4, 0.5) is 0 Å². The summed E-state index contributed by atoms with van der Waals surface area (Å²) in [5.74, 6) is 0. The Morgan fingerprint density at radius 2 is 1.88 bits per heavy atom. The molecule has 1 rings (SSSR count). The van der Waals surface area contributed by atoms with Gasteiger partial charge in [-0.3, -0.25) is 0 Å². The van der Waals surface area contributed by atoms with Gasteiger partial charge in [-0.25, -0.2) is 0 Å². The molecule has 0 aliphatic heterocycles. The van der Waals surface area contributed by atoms with Crippen LogP contribution in [0.5, 0.6) is 0 Å². The average molecular weight is 251 g/mol. The lowest BCUT2D eigenvalue weighted by molar-refractivity contribution is 0.467. The van der Waals surface area contributed by atoms with Gasteiger partial charge < -0.3 is 5.32 Å². The third kappa shape index (κ3) is 5.60. The molecular formula is C15H25NS. The minimum Gasteiger partial charge on any atom is -0.312 e. The number of nitrogens with one attached hydrogen (secondary N) is 1. The molecule has 0 heterocycles. The first-order valence-corrected chi connectivity index (χ1v) is 7.62. The Hall–Kier alpha value is -0.470. The van der Waals surface area contributed by atoms with E-state index in [2.05, 4.69) is 62.7 Å². The molecule has 1 atom stereocenters. The van der Waals surface area contributed by atoms with Crippen molar-refractivity contribution in [2.45, 2.75) is 44.4 Å². The van der Waals surface area contributed by atoms with Gasteiger partial charge in [0.2, 0.25) is 0 Å². The van der Waals surface area contributed by atoms with Crippen molar-refractivity contribution in [3.63, 3.8) is 0 Å². The van der Waals surface area contributed by atoms with Crippen LogP contribution in [0.2, 0.25) is 0 Å². The van der Waals surface area contributed by atoms with Crippen LogP contribution in [0.25, 0.3) is 0 Å². The Balaban J connectivity index is 2.44. The van der Waals surface area contributed by atoms with Crippen molar-refractivity contribution in [2.75, 3.05) is 12.8 Å². The molecule has 0 radical (unpaired) electrons. The van der Waals surface area contributed by atoms with Crippen molar-refractivity contribution in [3.05, 3.63) is 35.9 Å². The Kier molecular flexibility index (Phi) is 6.07. The molecule has 17 heavy (non-hydrogen) atoms. The first-order valence-electron chi connectivity index (χ1n) is 6.40. The molecule has 0 amide bonds. The number of benzene rings is 1. The topological polar surface area (TPSA) is 12.0 Å². The van der Waals surface area contributed by atoms with Gasteiger partial charge >= 0.3 is 0 Å². The van der Waals surface area contributed by atoms with Gasteiger partial charge in [0.15, 0.2) is 0 Å². The fourth-order valence-corrected chi connectivity index (χ4v) is 1.95. The van der Waals surface area contributed by atoms with Crippen molar-refractivity contribution >= 4 is 11.8 Å². The predicted octanol–water partition coefficient (Wildman–Crippen LogP) is 3.74. The maximum absolute atomic E-state index is 3.69. The summed E-state index contributed by atoms with van der Waals surface area (Å²) in [6, 6.07) is 11.3. The summed E-state index contributed by atoms with van der Waals surface area (Å²) < 4.78 is 0.324.